The molecule has 0 N–H and O–H groups in total. The number of esters is 1. The van der Waals surface area contributed by atoms with Gasteiger partial charge in [0.2, 0.25) is 0 Å². The molecule has 0 saturated heterocycles. The molecular weight excluding hydrogens is 268 g/mol. The first kappa shape index (κ1) is 15.9. The molecule has 1 heterocycles. The largest absolute Gasteiger partial charge is 0.462 e. The van der Waals surface area contributed by atoms with Gasteiger partial charge in [-0.2, -0.15) is 0 Å². The molecule has 1 aliphatic rings. The van der Waals surface area contributed by atoms with Crippen LogP contribution in [-0.2, 0) is 21.5 Å². The van der Waals surface area contributed by atoms with Crippen LogP contribution in [0.1, 0.15) is 67.8 Å². The second-order valence-electron chi connectivity index (χ2n) is 5.39. The fourth-order valence-corrected chi connectivity index (χ4v) is 2.93. The van der Waals surface area contributed by atoms with Crippen LogP contribution >= 0.6 is 0 Å². The Morgan fingerprint density at radius 3 is 2.57 bits per heavy atom. The van der Waals surface area contributed by atoms with Crippen molar-refractivity contribution in [3.8, 4) is 0 Å². The van der Waals surface area contributed by atoms with Gasteiger partial charge in [-0.15, -0.1) is 0 Å². The summed E-state index contributed by atoms with van der Waals surface area (Å²) in [7, 11) is 1.72. The highest BCUT2D eigenvalue weighted by atomic mass is 16.5. The van der Waals surface area contributed by atoms with E-state index in [1.54, 1.807) is 20.2 Å². The molecule has 0 unspecified atom stereocenters. The summed E-state index contributed by atoms with van der Waals surface area (Å²) < 4.78 is 10.8. The van der Waals surface area contributed by atoms with Gasteiger partial charge >= 0.3 is 5.97 Å². The van der Waals surface area contributed by atoms with Crippen LogP contribution in [-0.4, -0.2) is 29.7 Å². The van der Waals surface area contributed by atoms with Crippen molar-refractivity contribution in [2.24, 2.45) is 0 Å². The van der Waals surface area contributed by atoms with Gasteiger partial charge in [-0.3, -0.25) is 0 Å². The average molecular weight is 292 g/mol. The van der Waals surface area contributed by atoms with Crippen molar-refractivity contribution in [3.63, 3.8) is 0 Å². The summed E-state index contributed by atoms with van der Waals surface area (Å²) in [5.74, 6) is 0.352. The van der Waals surface area contributed by atoms with Crippen LogP contribution in [0, 0.1) is 0 Å². The zero-order valence-corrected chi connectivity index (χ0v) is 13.1. The van der Waals surface area contributed by atoms with Gasteiger partial charge in [-0.05, 0) is 26.2 Å². The van der Waals surface area contributed by atoms with Crippen molar-refractivity contribution in [1.29, 1.82) is 0 Å². The lowest BCUT2D eigenvalue weighted by Gasteiger charge is -2.34. The summed E-state index contributed by atoms with van der Waals surface area (Å²) in [6.45, 7) is 4.13. The Kier molecular flexibility index (Phi) is 5.28. The first-order valence-corrected chi connectivity index (χ1v) is 7.75. The molecule has 0 bridgehead atoms. The number of methoxy groups -OCH3 is 1. The van der Waals surface area contributed by atoms with Gasteiger partial charge in [-0.25, -0.2) is 14.8 Å². The molecule has 0 aliphatic heterocycles. The van der Waals surface area contributed by atoms with E-state index in [0.29, 0.717) is 24.4 Å². The van der Waals surface area contributed by atoms with Gasteiger partial charge in [0, 0.05) is 13.3 Å². The number of nitrogens with zero attached hydrogens (tertiary/aromatic N) is 2. The number of ether oxygens (including phenoxy) is 2. The highest BCUT2D eigenvalue weighted by Gasteiger charge is 2.37. The Morgan fingerprint density at radius 1 is 1.29 bits per heavy atom. The first-order chi connectivity index (χ1) is 10.2. The summed E-state index contributed by atoms with van der Waals surface area (Å²) in [5.41, 5.74) is 0.806. The minimum absolute atomic E-state index is 0.351. The van der Waals surface area contributed by atoms with Gasteiger partial charge in [0.15, 0.2) is 5.82 Å². The number of rotatable bonds is 5. The van der Waals surface area contributed by atoms with Crippen LogP contribution in [0.3, 0.4) is 0 Å². The summed E-state index contributed by atoms with van der Waals surface area (Å²) >= 11 is 0. The molecule has 1 aromatic heterocycles. The van der Waals surface area contributed by atoms with Gasteiger partial charge in [0.1, 0.15) is 5.60 Å². The maximum Gasteiger partial charge on any atom is 0.341 e. The molecule has 1 fully saturated rings. The molecular formula is C16H24N2O3. The Bertz CT molecular complexity index is 496. The van der Waals surface area contributed by atoms with E-state index in [0.717, 1.165) is 31.4 Å². The molecule has 0 atom stereocenters. The van der Waals surface area contributed by atoms with Crippen molar-refractivity contribution < 1.29 is 14.3 Å². The molecule has 0 aromatic carbocycles. The van der Waals surface area contributed by atoms with E-state index in [1.165, 1.54) is 6.42 Å². The van der Waals surface area contributed by atoms with Crippen molar-refractivity contribution in [3.05, 3.63) is 23.3 Å². The molecule has 0 spiro atoms. The number of aryl methyl sites for hydroxylation is 1. The van der Waals surface area contributed by atoms with Gasteiger partial charge in [-0.1, -0.05) is 26.2 Å². The molecule has 5 heteroatoms. The van der Waals surface area contributed by atoms with Crippen LogP contribution in [0.5, 0.6) is 0 Å². The number of aromatic nitrogens is 2. The average Bonchev–Trinajstić information content (AvgIpc) is 2.55. The Hall–Kier alpha value is -1.49. The minimum atomic E-state index is -0.393. The van der Waals surface area contributed by atoms with E-state index in [1.807, 2.05) is 6.92 Å². The van der Waals surface area contributed by atoms with Crippen LogP contribution in [0.2, 0.25) is 0 Å². The fraction of sp³-hybridized carbons (Fsp3) is 0.688. The summed E-state index contributed by atoms with van der Waals surface area (Å²) in [6, 6.07) is 0. The molecule has 5 nitrogen and oxygen atoms in total. The Balaban J connectivity index is 2.35. The fourth-order valence-electron chi connectivity index (χ4n) is 2.93. The number of hydrogen-bond donors (Lipinski definition) is 0. The number of carbonyl (C=O) groups is 1. The van der Waals surface area contributed by atoms with Crippen LogP contribution < -0.4 is 0 Å². The Morgan fingerprint density at radius 2 is 2.00 bits per heavy atom. The maximum atomic E-state index is 11.9. The normalized spacial score (nSPS) is 17.5. The molecule has 0 radical (unpaired) electrons. The molecule has 116 valence electrons. The third-order valence-corrected chi connectivity index (χ3v) is 4.16. The van der Waals surface area contributed by atoms with E-state index < -0.39 is 5.60 Å². The lowest BCUT2D eigenvalue weighted by Crippen LogP contribution is -2.34. The van der Waals surface area contributed by atoms with Gasteiger partial charge in [0.05, 0.1) is 17.9 Å². The summed E-state index contributed by atoms with van der Waals surface area (Å²) in [5, 5.41) is 0. The molecule has 0 amide bonds. The van der Waals surface area contributed by atoms with E-state index >= 15 is 0 Å². The Labute approximate surface area is 126 Å². The second kappa shape index (κ2) is 6.98. The number of carbonyl (C=O) groups excluding carboxylic acids is 1. The lowest BCUT2D eigenvalue weighted by molar-refractivity contribution is -0.0517. The maximum absolute atomic E-state index is 11.9. The van der Waals surface area contributed by atoms with Crippen molar-refractivity contribution in [2.45, 2.75) is 58.0 Å². The highest BCUT2D eigenvalue weighted by Crippen LogP contribution is 2.38. The summed E-state index contributed by atoms with van der Waals surface area (Å²) in [6.07, 6.45) is 7.61. The highest BCUT2D eigenvalue weighted by molar-refractivity contribution is 5.90. The quantitative estimate of drug-likeness (QED) is 0.781. The molecule has 1 aromatic rings. The zero-order valence-electron chi connectivity index (χ0n) is 13.1. The lowest BCUT2D eigenvalue weighted by atomic mass is 9.83. The predicted molar refractivity (Wildman–Crippen MR) is 79.1 cm³/mol. The summed E-state index contributed by atoms with van der Waals surface area (Å²) in [4.78, 5) is 21.0. The SMILES string of the molecule is CCOC(=O)c1cnc(C2(OC)CCCCC2)nc1CC. The first-order valence-electron chi connectivity index (χ1n) is 7.75. The standard InChI is InChI=1S/C16H24N2O3/c1-4-13-12(14(19)21-5-2)11-17-15(18-13)16(20-3)9-7-6-8-10-16/h11H,4-10H2,1-3H3. The molecule has 1 aliphatic carbocycles. The van der Waals surface area contributed by atoms with E-state index in [4.69, 9.17) is 9.47 Å². The monoisotopic (exact) mass is 292 g/mol. The minimum Gasteiger partial charge on any atom is -0.462 e. The van der Waals surface area contributed by atoms with Crippen molar-refractivity contribution in [1.82, 2.24) is 9.97 Å². The van der Waals surface area contributed by atoms with E-state index in [2.05, 4.69) is 9.97 Å². The number of hydrogen-bond acceptors (Lipinski definition) is 5. The molecule has 2 rings (SSSR count). The van der Waals surface area contributed by atoms with Crippen LogP contribution in [0.4, 0.5) is 0 Å². The van der Waals surface area contributed by atoms with Crippen molar-refractivity contribution in [2.75, 3.05) is 13.7 Å². The molecule has 21 heavy (non-hydrogen) atoms. The third-order valence-electron chi connectivity index (χ3n) is 4.16. The van der Waals surface area contributed by atoms with E-state index in [-0.39, 0.29) is 5.97 Å². The predicted octanol–water partition coefficient (Wildman–Crippen LogP) is 3.02. The smallest absolute Gasteiger partial charge is 0.341 e. The second-order valence-corrected chi connectivity index (χ2v) is 5.39. The topological polar surface area (TPSA) is 61.3 Å². The third kappa shape index (κ3) is 3.23. The van der Waals surface area contributed by atoms with Crippen LogP contribution in [0.25, 0.3) is 0 Å². The van der Waals surface area contributed by atoms with Gasteiger partial charge in [0.25, 0.3) is 0 Å². The zero-order chi connectivity index (χ0) is 15.3. The van der Waals surface area contributed by atoms with Crippen LogP contribution in [0.15, 0.2) is 6.20 Å². The molecule has 1 saturated carbocycles. The van der Waals surface area contributed by atoms with Crippen molar-refractivity contribution >= 4 is 5.97 Å². The van der Waals surface area contributed by atoms with E-state index in [9.17, 15) is 4.79 Å². The van der Waals surface area contributed by atoms with Gasteiger partial charge < -0.3 is 9.47 Å².